The zero-order valence-electron chi connectivity index (χ0n) is 15.1. The molecule has 0 aliphatic rings. The third kappa shape index (κ3) is 4.90. The summed E-state index contributed by atoms with van der Waals surface area (Å²) in [7, 11) is 0. The maximum absolute atomic E-state index is 12.6. The number of esters is 1. The topological polar surface area (TPSA) is 81.4 Å². The number of fused-ring (bicyclic) bond motifs is 1. The van der Waals surface area contributed by atoms with E-state index in [4.69, 9.17) is 9.15 Å². The summed E-state index contributed by atoms with van der Waals surface area (Å²) in [4.78, 5) is 28.5. The zero-order valence-corrected chi connectivity index (χ0v) is 16.7. The van der Waals surface area contributed by atoms with E-state index in [1.807, 2.05) is 36.6 Å². The number of rotatable bonds is 8. The normalized spacial score (nSPS) is 10.9. The number of para-hydroxylation sites is 1. The number of nitrogens with one attached hydrogen (secondary N) is 1. The van der Waals surface area contributed by atoms with Crippen molar-refractivity contribution in [2.24, 2.45) is 0 Å². The molecule has 27 heavy (non-hydrogen) atoms. The Labute approximate surface area is 165 Å². The third-order valence-electron chi connectivity index (χ3n) is 3.76. The first-order valence-electron chi connectivity index (χ1n) is 8.57. The predicted molar refractivity (Wildman–Crippen MR) is 106 cm³/mol. The Hall–Kier alpha value is -2.32. The third-order valence-corrected chi connectivity index (χ3v) is 5.93. The van der Waals surface area contributed by atoms with Gasteiger partial charge < -0.3 is 14.5 Å². The van der Waals surface area contributed by atoms with Crippen molar-refractivity contribution in [3.8, 4) is 0 Å². The quantitative estimate of drug-likeness (QED) is 0.448. The highest BCUT2D eigenvalue weighted by atomic mass is 32.2. The monoisotopic (exact) mass is 404 g/mol. The molecule has 0 atom stereocenters. The molecular weight excluding hydrogens is 384 g/mol. The van der Waals surface area contributed by atoms with Crippen molar-refractivity contribution < 1.29 is 18.7 Å². The molecule has 3 aromatic rings. The van der Waals surface area contributed by atoms with Crippen LogP contribution in [0.4, 0.5) is 0 Å². The number of furan rings is 1. The Morgan fingerprint density at radius 1 is 1.33 bits per heavy atom. The lowest BCUT2D eigenvalue weighted by atomic mass is 10.1. The van der Waals surface area contributed by atoms with Crippen LogP contribution >= 0.6 is 23.1 Å². The van der Waals surface area contributed by atoms with Crippen molar-refractivity contribution in [3.63, 3.8) is 0 Å². The number of ether oxygens (including phenoxy) is 1. The van der Waals surface area contributed by atoms with Gasteiger partial charge in [-0.25, -0.2) is 4.98 Å². The second kappa shape index (κ2) is 9.05. The molecule has 8 heteroatoms. The van der Waals surface area contributed by atoms with Gasteiger partial charge in [-0.3, -0.25) is 9.59 Å². The van der Waals surface area contributed by atoms with Crippen molar-refractivity contribution >= 4 is 45.9 Å². The minimum atomic E-state index is -0.336. The summed E-state index contributed by atoms with van der Waals surface area (Å²) in [6.45, 7) is 4.23. The van der Waals surface area contributed by atoms with Gasteiger partial charge in [0, 0.05) is 34.3 Å². The number of thiazole rings is 1. The molecular formula is C19H20N2O4S2. The van der Waals surface area contributed by atoms with E-state index in [0.717, 1.165) is 21.0 Å². The summed E-state index contributed by atoms with van der Waals surface area (Å²) in [6.07, 6.45) is 0.127. The van der Waals surface area contributed by atoms with E-state index in [0.29, 0.717) is 17.9 Å². The fraction of sp³-hybridized carbons (Fsp3) is 0.316. The molecule has 1 aromatic carbocycles. The molecule has 2 aromatic heterocycles. The van der Waals surface area contributed by atoms with Crippen LogP contribution in [0.1, 0.15) is 35.2 Å². The number of carbonyl (C=O) groups excluding carboxylic acids is 2. The highest BCUT2D eigenvalue weighted by molar-refractivity contribution is 8.00. The number of amides is 1. The average molecular weight is 405 g/mol. The fourth-order valence-corrected chi connectivity index (χ4v) is 4.43. The number of hydrogen-bond donors (Lipinski definition) is 1. The molecule has 0 bridgehead atoms. The molecule has 0 aliphatic heterocycles. The van der Waals surface area contributed by atoms with E-state index in [1.54, 1.807) is 30.0 Å². The zero-order chi connectivity index (χ0) is 19.2. The molecule has 3 rings (SSSR count). The van der Waals surface area contributed by atoms with Gasteiger partial charge in [0.25, 0.3) is 5.91 Å². The van der Waals surface area contributed by atoms with Gasteiger partial charge >= 0.3 is 5.97 Å². The lowest BCUT2D eigenvalue weighted by Crippen LogP contribution is -2.26. The van der Waals surface area contributed by atoms with E-state index in [2.05, 4.69) is 10.3 Å². The number of aromatic nitrogens is 1. The van der Waals surface area contributed by atoms with Crippen LogP contribution < -0.4 is 5.32 Å². The predicted octanol–water partition coefficient (Wildman–Crippen LogP) is 4.17. The van der Waals surface area contributed by atoms with Gasteiger partial charge in [-0.2, -0.15) is 0 Å². The number of thioether (sulfide) groups is 1. The van der Waals surface area contributed by atoms with E-state index < -0.39 is 0 Å². The summed E-state index contributed by atoms with van der Waals surface area (Å²) in [6, 6.07) is 7.57. The van der Waals surface area contributed by atoms with Crippen LogP contribution in [0.3, 0.4) is 0 Å². The first kappa shape index (κ1) is 19.4. The summed E-state index contributed by atoms with van der Waals surface area (Å²) < 4.78 is 11.6. The van der Waals surface area contributed by atoms with Gasteiger partial charge in [-0.15, -0.1) is 11.3 Å². The second-order valence-corrected chi connectivity index (χ2v) is 7.84. The van der Waals surface area contributed by atoms with Crippen LogP contribution in [0.25, 0.3) is 11.0 Å². The maximum Gasteiger partial charge on any atom is 0.307 e. The molecule has 0 saturated heterocycles. The Bertz CT molecular complexity index is 948. The molecule has 0 radical (unpaired) electrons. The fourth-order valence-electron chi connectivity index (χ4n) is 2.55. The summed E-state index contributed by atoms with van der Waals surface area (Å²) in [5.41, 5.74) is 2.48. The summed E-state index contributed by atoms with van der Waals surface area (Å²) in [5.74, 6) is 0.185. The molecule has 6 nitrogen and oxygen atoms in total. The molecule has 0 unspecified atom stereocenters. The lowest BCUT2D eigenvalue weighted by Gasteiger charge is -2.05. The maximum atomic E-state index is 12.6. The van der Waals surface area contributed by atoms with Crippen LogP contribution in [-0.4, -0.2) is 30.0 Å². The molecule has 0 saturated carbocycles. The minimum Gasteiger partial charge on any atom is -0.466 e. The molecule has 2 heterocycles. The number of aryl methyl sites for hydroxylation is 1. The van der Waals surface area contributed by atoms with Crippen LogP contribution in [0.15, 0.2) is 38.4 Å². The molecule has 1 N–H and O–H groups in total. The van der Waals surface area contributed by atoms with Gasteiger partial charge in [-0.05, 0) is 19.9 Å². The van der Waals surface area contributed by atoms with Crippen molar-refractivity contribution in [3.05, 3.63) is 46.7 Å². The SMILES string of the molecule is CCOC(=O)CCNC(=O)c1oc2ccccc2c1CSc1nc(C)cs1. The minimum absolute atomic E-state index is 0.127. The first-order valence-corrected chi connectivity index (χ1v) is 10.4. The molecule has 1 amide bonds. The van der Waals surface area contributed by atoms with Gasteiger partial charge in [0.05, 0.1) is 13.0 Å². The molecule has 0 aliphatic carbocycles. The Morgan fingerprint density at radius 3 is 2.89 bits per heavy atom. The standard InChI is InChI=1S/C19H20N2O4S2/c1-3-24-16(22)8-9-20-18(23)17-14(11-27-19-21-12(2)10-26-19)13-6-4-5-7-15(13)25-17/h4-7,10H,3,8-9,11H2,1-2H3,(H,20,23). The number of nitrogens with zero attached hydrogens (tertiary/aromatic N) is 1. The van der Waals surface area contributed by atoms with E-state index >= 15 is 0 Å². The van der Waals surface area contributed by atoms with E-state index in [1.165, 1.54) is 0 Å². The van der Waals surface area contributed by atoms with E-state index in [-0.39, 0.29) is 30.6 Å². The number of carbonyl (C=O) groups is 2. The van der Waals surface area contributed by atoms with Crippen LogP contribution in [-0.2, 0) is 15.3 Å². The average Bonchev–Trinajstić information content (AvgIpc) is 3.23. The van der Waals surface area contributed by atoms with Crippen molar-refractivity contribution in [1.29, 1.82) is 0 Å². The highest BCUT2D eigenvalue weighted by Crippen LogP contribution is 2.33. The van der Waals surface area contributed by atoms with Crippen LogP contribution in [0.2, 0.25) is 0 Å². The van der Waals surface area contributed by atoms with Crippen molar-refractivity contribution in [1.82, 2.24) is 10.3 Å². The van der Waals surface area contributed by atoms with Crippen LogP contribution in [0.5, 0.6) is 0 Å². The Kier molecular flexibility index (Phi) is 6.52. The molecule has 142 valence electrons. The van der Waals surface area contributed by atoms with E-state index in [9.17, 15) is 9.59 Å². The molecule has 0 fully saturated rings. The van der Waals surface area contributed by atoms with Gasteiger partial charge in [-0.1, -0.05) is 30.0 Å². The van der Waals surface area contributed by atoms with Gasteiger partial charge in [0.1, 0.15) is 9.92 Å². The largest absolute Gasteiger partial charge is 0.466 e. The van der Waals surface area contributed by atoms with Gasteiger partial charge in [0.15, 0.2) is 5.76 Å². The molecule has 0 spiro atoms. The smallest absolute Gasteiger partial charge is 0.307 e. The number of benzene rings is 1. The Morgan fingerprint density at radius 2 is 2.15 bits per heavy atom. The van der Waals surface area contributed by atoms with Gasteiger partial charge in [0.2, 0.25) is 0 Å². The lowest BCUT2D eigenvalue weighted by molar-refractivity contribution is -0.142. The summed E-state index contributed by atoms with van der Waals surface area (Å²) >= 11 is 3.16. The summed E-state index contributed by atoms with van der Waals surface area (Å²) in [5, 5.41) is 5.65. The van der Waals surface area contributed by atoms with Crippen molar-refractivity contribution in [2.75, 3.05) is 13.2 Å². The van der Waals surface area contributed by atoms with Crippen molar-refractivity contribution in [2.45, 2.75) is 30.4 Å². The second-order valence-electron chi connectivity index (χ2n) is 5.76. The van der Waals surface area contributed by atoms with Crippen LogP contribution in [0, 0.1) is 6.92 Å². The highest BCUT2D eigenvalue weighted by Gasteiger charge is 2.21. The Balaban J connectivity index is 1.75. The first-order chi connectivity index (χ1) is 13.1. The number of hydrogen-bond acceptors (Lipinski definition) is 7.